The van der Waals surface area contributed by atoms with E-state index in [9.17, 15) is 17.2 Å². The summed E-state index contributed by atoms with van der Waals surface area (Å²) in [6, 6.07) is 17.3. The summed E-state index contributed by atoms with van der Waals surface area (Å²) in [7, 11) is -0.735. The van der Waals surface area contributed by atoms with E-state index < -0.39 is 16.0 Å². The molecule has 8 nitrogen and oxygen atoms in total. The maximum absolute atomic E-state index is 15.0. The Kier molecular flexibility index (Phi) is 9.90. The average Bonchev–Trinajstić information content (AvgIpc) is 2.96. The van der Waals surface area contributed by atoms with Crippen molar-refractivity contribution in [1.29, 1.82) is 0 Å². The number of anilines is 2. The Morgan fingerprint density at radius 2 is 1.64 bits per heavy atom. The van der Waals surface area contributed by atoms with E-state index in [0.717, 1.165) is 21.5 Å². The molecule has 0 saturated heterocycles. The van der Waals surface area contributed by atoms with E-state index >= 15 is 0 Å². The zero-order chi connectivity index (χ0) is 32.2. The van der Waals surface area contributed by atoms with Gasteiger partial charge in [0.1, 0.15) is 17.4 Å². The minimum atomic E-state index is -4.28. The van der Waals surface area contributed by atoms with Gasteiger partial charge in [-0.2, -0.15) is 12.8 Å². The lowest BCUT2D eigenvalue weighted by Crippen LogP contribution is -2.37. The molecule has 0 radical (unpaired) electrons. The molecule has 0 amide bonds. The van der Waals surface area contributed by atoms with E-state index in [1.165, 1.54) is 24.3 Å². The molecule has 2 aromatic heterocycles. The predicted octanol–water partition coefficient (Wildman–Crippen LogP) is 6.62. The molecule has 2 aromatic carbocycles. The highest BCUT2D eigenvalue weighted by Gasteiger charge is 2.29. The van der Waals surface area contributed by atoms with Gasteiger partial charge in [0, 0.05) is 24.2 Å². The van der Waals surface area contributed by atoms with Gasteiger partial charge in [0.05, 0.1) is 25.0 Å². The third-order valence-corrected chi connectivity index (χ3v) is 9.31. The number of nitrogens with zero attached hydrogens (tertiary/aromatic N) is 4. The maximum Gasteiger partial charge on any atom is 0.283 e. The van der Waals surface area contributed by atoms with Crippen molar-refractivity contribution in [1.82, 2.24) is 14.9 Å². The fraction of sp³-hybridized carbons (Fsp3) is 0.333. The molecule has 0 atom stereocenters. The molecule has 0 saturated carbocycles. The van der Waals surface area contributed by atoms with Crippen LogP contribution in [0.2, 0.25) is 0 Å². The highest BCUT2D eigenvalue weighted by molar-refractivity contribution is 7.92. The second kappa shape index (κ2) is 13.3. The van der Waals surface area contributed by atoms with Gasteiger partial charge in [-0.25, -0.2) is 18.7 Å². The SMILES string of the molecule is COc1ccc(CN(c2cccc(F)n2)S(=O)(=O)c2ccc(NCc3c(F)cccc3CN(C)C(C)(C)C)c(C)n2)c(C)c1. The van der Waals surface area contributed by atoms with Gasteiger partial charge in [-0.05, 0) is 101 Å². The lowest BCUT2D eigenvalue weighted by molar-refractivity contribution is 0.167. The van der Waals surface area contributed by atoms with Crippen LogP contribution < -0.4 is 14.4 Å². The third kappa shape index (κ3) is 7.51. The van der Waals surface area contributed by atoms with Crippen LogP contribution >= 0.6 is 0 Å². The van der Waals surface area contributed by atoms with E-state index in [2.05, 4.69) is 41.0 Å². The van der Waals surface area contributed by atoms with Crippen molar-refractivity contribution in [2.75, 3.05) is 23.8 Å². The lowest BCUT2D eigenvalue weighted by Gasteiger charge is -2.32. The van der Waals surface area contributed by atoms with E-state index in [0.29, 0.717) is 34.8 Å². The predicted molar refractivity (Wildman–Crippen MR) is 169 cm³/mol. The van der Waals surface area contributed by atoms with Gasteiger partial charge in [-0.1, -0.05) is 24.3 Å². The second-order valence-electron chi connectivity index (χ2n) is 11.7. The molecule has 0 aliphatic carbocycles. The van der Waals surface area contributed by atoms with Crippen molar-refractivity contribution in [2.45, 2.75) is 64.8 Å². The number of aryl methyl sites for hydroxylation is 2. The van der Waals surface area contributed by atoms with Crippen LogP contribution in [-0.2, 0) is 29.7 Å². The summed E-state index contributed by atoms with van der Waals surface area (Å²) in [5.74, 6) is -0.573. The third-order valence-electron chi connectivity index (χ3n) is 7.66. The summed E-state index contributed by atoms with van der Waals surface area (Å²) in [4.78, 5) is 10.4. The van der Waals surface area contributed by atoms with Gasteiger partial charge in [0.2, 0.25) is 5.95 Å². The molecule has 4 rings (SSSR count). The van der Waals surface area contributed by atoms with Crippen LogP contribution in [0.5, 0.6) is 5.75 Å². The first-order chi connectivity index (χ1) is 20.7. The van der Waals surface area contributed by atoms with Crippen LogP contribution in [0.25, 0.3) is 0 Å². The van der Waals surface area contributed by atoms with Crippen molar-refractivity contribution >= 4 is 21.5 Å². The Balaban J connectivity index is 1.63. The number of halogens is 2. The largest absolute Gasteiger partial charge is 0.497 e. The normalized spacial score (nSPS) is 12.0. The van der Waals surface area contributed by atoms with Crippen LogP contribution in [-0.4, -0.2) is 43.0 Å². The number of ether oxygens (including phenoxy) is 1. The summed E-state index contributed by atoms with van der Waals surface area (Å²) in [5.41, 5.74) is 3.73. The molecule has 1 N–H and O–H groups in total. The van der Waals surface area contributed by atoms with Crippen LogP contribution in [0.3, 0.4) is 0 Å². The number of sulfonamides is 1. The molecule has 11 heteroatoms. The van der Waals surface area contributed by atoms with Crippen molar-refractivity contribution in [3.8, 4) is 5.75 Å². The van der Waals surface area contributed by atoms with E-state index in [1.54, 1.807) is 44.4 Å². The molecule has 0 bridgehead atoms. The highest BCUT2D eigenvalue weighted by Crippen LogP contribution is 2.28. The Morgan fingerprint density at radius 1 is 0.909 bits per heavy atom. The monoisotopic (exact) mass is 623 g/mol. The minimum Gasteiger partial charge on any atom is -0.497 e. The molecule has 2 heterocycles. The highest BCUT2D eigenvalue weighted by atomic mass is 32.2. The van der Waals surface area contributed by atoms with E-state index in [1.807, 2.05) is 20.0 Å². The van der Waals surface area contributed by atoms with Gasteiger partial charge in [-0.3, -0.25) is 4.90 Å². The van der Waals surface area contributed by atoms with Gasteiger partial charge in [0.25, 0.3) is 10.0 Å². The van der Waals surface area contributed by atoms with Crippen molar-refractivity contribution < 1.29 is 21.9 Å². The number of methoxy groups -OCH3 is 1. The molecular weight excluding hydrogens is 584 g/mol. The number of hydrogen-bond acceptors (Lipinski definition) is 7. The summed E-state index contributed by atoms with van der Waals surface area (Å²) in [5, 5.41) is 3.00. The zero-order valence-corrected chi connectivity index (χ0v) is 27.0. The average molecular weight is 624 g/mol. The smallest absolute Gasteiger partial charge is 0.283 e. The molecule has 0 fully saturated rings. The molecule has 0 aliphatic heterocycles. The van der Waals surface area contributed by atoms with Crippen LogP contribution in [0.15, 0.2) is 71.8 Å². The minimum absolute atomic E-state index is 0.0748. The topological polar surface area (TPSA) is 87.7 Å². The Hall–Kier alpha value is -4.09. The maximum atomic E-state index is 15.0. The number of rotatable bonds is 11. The number of benzene rings is 2. The second-order valence-corrected chi connectivity index (χ2v) is 13.5. The number of nitrogens with one attached hydrogen (secondary N) is 1. The fourth-order valence-corrected chi connectivity index (χ4v) is 5.94. The first-order valence-corrected chi connectivity index (χ1v) is 15.6. The number of aromatic nitrogens is 2. The van der Waals surface area contributed by atoms with Gasteiger partial charge in [0.15, 0.2) is 5.03 Å². The summed E-state index contributed by atoms with van der Waals surface area (Å²) in [6.07, 6.45) is 0. The molecule has 0 spiro atoms. The van der Waals surface area contributed by atoms with E-state index in [4.69, 9.17) is 4.74 Å². The number of hydrogen-bond donors (Lipinski definition) is 1. The molecule has 234 valence electrons. The fourth-order valence-electron chi connectivity index (χ4n) is 4.56. The quantitative estimate of drug-likeness (QED) is 0.188. The molecule has 0 unspecified atom stereocenters. The molecule has 44 heavy (non-hydrogen) atoms. The van der Waals surface area contributed by atoms with Crippen molar-refractivity contribution in [3.05, 3.63) is 106 Å². The van der Waals surface area contributed by atoms with E-state index in [-0.39, 0.29) is 35.3 Å². The molecule has 0 aliphatic rings. The first kappa shape index (κ1) is 32.8. The standard InChI is InChI=1S/C33H39F2N5O3S/c1-22-18-26(43-7)15-14-24(22)21-40(31-13-9-12-30(35)38-31)44(41,42)32-17-16-29(23(2)37-32)36-19-27-25(10-8-11-28(27)34)20-39(6)33(3,4)5/h8-18,36H,19-21H2,1-7H3. The molecule has 4 aromatic rings. The first-order valence-electron chi connectivity index (χ1n) is 14.2. The Bertz CT molecular complexity index is 1740. The van der Waals surface area contributed by atoms with Gasteiger partial charge < -0.3 is 10.1 Å². The summed E-state index contributed by atoms with van der Waals surface area (Å²) in [6.45, 7) is 10.4. The van der Waals surface area contributed by atoms with Crippen LogP contribution in [0, 0.1) is 25.6 Å². The number of pyridine rings is 2. The van der Waals surface area contributed by atoms with Crippen LogP contribution in [0.1, 0.15) is 48.7 Å². The zero-order valence-electron chi connectivity index (χ0n) is 26.1. The van der Waals surface area contributed by atoms with Crippen LogP contribution in [0.4, 0.5) is 20.3 Å². The summed E-state index contributed by atoms with van der Waals surface area (Å²) < 4.78 is 63.4. The lowest BCUT2D eigenvalue weighted by atomic mass is 10.0. The summed E-state index contributed by atoms with van der Waals surface area (Å²) >= 11 is 0. The van der Waals surface area contributed by atoms with Crippen molar-refractivity contribution in [2.24, 2.45) is 0 Å². The Morgan fingerprint density at radius 3 is 2.27 bits per heavy atom. The van der Waals surface area contributed by atoms with Crippen molar-refractivity contribution in [3.63, 3.8) is 0 Å². The Labute approximate surface area is 258 Å². The van der Waals surface area contributed by atoms with Gasteiger partial charge >= 0.3 is 0 Å². The molecular formula is C33H39F2N5O3S. The van der Waals surface area contributed by atoms with Gasteiger partial charge in [-0.15, -0.1) is 0 Å².